The van der Waals surface area contributed by atoms with E-state index in [2.05, 4.69) is 9.88 Å². The summed E-state index contributed by atoms with van der Waals surface area (Å²) >= 11 is 0. The zero-order valence-electron chi connectivity index (χ0n) is 15.2. The monoisotopic (exact) mass is 353 g/mol. The van der Waals surface area contributed by atoms with Crippen LogP contribution in [0.4, 0.5) is 0 Å². The normalized spacial score (nSPS) is 24.3. The van der Waals surface area contributed by atoms with Crippen LogP contribution < -0.4 is 0 Å². The van der Waals surface area contributed by atoms with Gasteiger partial charge in [-0.05, 0) is 44.0 Å². The van der Waals surface area contributed by atoms with Crippen molar-refractivity contribution in [2.45, 2.75) is 19.3 Å². The minimum atomic E-state index is 0.0304. The fourth-order valence-electron chi connectivity index (χ4n) is 4.36. The average molecular weight is 353 g/mol. The average Bonchev–Trinajstić information content (AvgIpc) is 3.10. The molecule has 26 heavy (non-hydrogen) atoms. The molecule has 2 fully saturated rings. The van der Waals surface area contributed by atoms with Crippen LogP contribution in [0.2, 0.25) is 0 Å². The number of benzene rings is 1. The second-order valence-corrected chi connectivity index (χ2v) is 7.69. The predicted octanol–water partition coefficient (Wildman–Crippen LogP) is 2.40. The largest absolute Gasteiger partial charge is 0.396 e. The number of hydrogen-bond donors (Lipinski definition) is 1. The first-order valence-corrected chi connectivity index (χ1v) is 9.72. The highest BCUT2D eigenvalue weighted by molar-refractivity contribution is 5.97. The maximum atomic E-state index is 13.0. The van der Waals surface area contributed by atoms with Crippen molar-refractivity contribution in [2.75, 3.05) is 39.3 Å². The molecule has 0 bridgehead atoms. The van der Waals surface area contributed by atoms with Crippen molar-refractivity contribution >= 4 is 16.8 Å². The molecule has 1 N–H and O–H groups in total. The Labute approximate surface area is 154 Å². The zero-order chi connectivity index (χ0) is 17.9. The Hall–Kier alpha value is -1.98. The number of hydrogen-bond acceptors (Lipinski definition) is 4. The molecule has 1 amide bonds. The van der Waals surface area contributed by atoms with Crippen molar-refractivity contribution in [2.24, 2.45) is 11.8 Å². The molecule has 2 saturated heterocycles. The van der Waals surface area contributed by atoms with Gasteiger partial charge in [0, 0.05) is 43.7 Å². The van der Waals surface area contributed by atoms with Crippen LogP contribution in [0.25, 0.3) is 10.9 Å². The van der Waals surface area contributed by atoms with Crippen LogP contribution in [0.1, 0.15) is 29.6 Å². The van der Waals surface area contributed by atoms with Gasteiger partial charge in [0.15, 0.2) is 0 Å². The fourth-order valence-corrected chi connectivity index (χ4v) is 4.36. The lowest BCUT2D eigenvalue weighted by Gasteiger charge is -2.30. The number of nitrogens with zero attached hydrogens (tertiary/aromatic N) is 3. The van der Waals surface area contributed by atoms with E-state index in [-0.39, 0.29) is 18.4 Å². The molecular weight excluding hydrogens is 326 g/mol. The SMILES string of the molecule is O=C(c1cnc2ccccc2c1)N1C[C@@H](CN2CCCCC2)[C@@H](CO)C1. The van der Waals surface area contributed by atoms with Gasteiger partial charge in [0.2, 0.25) is 0 Å². The Morgan fingerprint density at radius 2 is 1.88 bits per heavy atom. The van der Waals surface area contributed by atoms with Gasteiger partial charge in [0.25, 0.3) is 5.91 Å². The molecule has 0 saturated carbocycles. The highest BCUT2D eigenvalue weighted by Gasteiger charge is 2.36. The number of aromatic nitrogens is 1. The molecule has 5 heteroatoms. The van der Waals surface area contributed by atoms with Gasteiger partial charge >= 0.3 is 0 Å². The Balaban J connectivity index is 1.46. The molecule has 1 aromatic carbocycles. The molecule has 0 spiro atoms. The fraction of sp³-hybridized carbons (Fsp3) is 0.524. The van der Waals surface area contributed by atoms with E-state index in [1.807, 2.05) is 35.2 Å². The van der Waals surface area contributed by atoms with Crippen LogP contribution in [-0.4, -0.2) is 65.1 Å². The standard InChI is InChI=1S/C21H27N3O2/c25-15-19-14-24(13-18(19)12-23-8-4-1-5-9-23)21(26)17-10-16-6-2-3-7-20(16)22-11-17/h2-3,6-7,10-11,18-19,25H,1,4-5,8-9,12-15H2/t18-,19-/m1/s1. The maximum Gasteiger partial charge on any atom is 0.255 e. The molecule has 2 aromatic rings. The first-order chi connectivity index (χ1) is 12.7. The molecule has 138 valence electrons. The highest BCUT2D eigenvalue weighted by Crippen LogP contribution is 2.27. The van der Waals surface area contributed by atoms with Crippen molar-refractivity contribution in [3.8, 4) is 0 Å². The number of carbonyl (C=O) groups excluding carboxylic acids is 1. The molecule has 0 aliphatic carbocycles. The number of piperidine rings is 1. The molecule has 4 rings (SSSR count). The van der Waals surface area contributed by atoms with Crippen LogP contribution >= 0.6 is 0 Å². The van der Waals surface area contributed by atoms with Crippen molar-refractivity contribution in [1.29, 1.82) is 0 Å². The summed E-state index contributed by atoms with van der Waals surface area (Å²) in [7, 11) is 0. The Kier molecular flexibility index (Phi) is 5.18. The molecule has 0 unspecified atom stereocenters. The molecular formula is C21H27N3O2. The lowest BCUT2D eigenvalue weighted by molar-refractivity contribution is 0.0778. The predicted molar refractivity (Wildman–Crippen MR) is 102 cm³/mol. The van der Waals surface area contributed by atoms with E-state index in [1.165, 1.54) is 19.3 Å². The third-order valence-corrected chi connectivity index (χ3v) is 5.88. The van der Waals surface area contributed by atoms with E-state index in [1.54, 1.807) is 6.20 Å². The maximum absolute atomic E-state index is 13.0. The van der Waals surface area contributed by atoms with Gasteiger partial charge < -0.3 is 14.9 Å². The first kappa shape index (κ1) is 17.4. The van der Waals surface area contributed by atoms with Crippen molar-refractivity contribution in [3.63, 3.8) is 0 Å². The van der Waals surface area contributed by atoms with Gasteiger partial charge in [-0.25, -0.2) is 0 Å². The number of para-hydroxylation sites is 1. The van der Waals surface area contributed by atoms with E-state index in [0.717, 1.165) is 37.1 Å². The van der Waals surface area contributed by atoms with E-state index in [9.17, 15) is 9.90 Å². The summed E-state index contributed by atoms with van der Waals surface area (Å²) in [4.78, 5) is 21.8. The molecule has 3 heterocycles. The summed E-state index contributed by atoms with van der Waals surface area (Å²) in [6.07, 6.45) is 5.53. The number of aliphatic hydroxyl groups is 1. The topological polar surface area (TPSA) is 56.7 Å². The van der Waals surface area contributed by atoms with Gasteiger partial charge in [-0.15, -0.1) is 0 Å². The van der Waals surface area contributed by atoms with Gasteiger partial charge in [-0.3, -0.25) is 9.78 Å². The number of likely N-dealkylation sites (tertiary alicyclic amines) is 2. The smallest absolute Gasteiger partial charge is 0.255 e. The molecule has 2 aliphatic rings. The third kappa shape index (κ3) is 3.60. The Morgan fingerprint density at radius 1 is 1.12 bits per heavy atom. The summed E-state index contributed by atoms with van der Waals surface area (Å²) in [6, 6.07) is 9.78. The number of rotatable bonds is 4. The second-order valence-electron chi connectivity index (χ2n) is 7.69. The van der Waals surface area contributed by atoms with Crippen LogP contribution in [0, 0.1) is 11.8 Å². The summed E-state index contributed by atoms with van der Waals surface area (Å²) < 4.78 is 0. The number of carbonyl (C=O) groups is 1. The van der Waals surface area contributed by atoms with Crippen LogP contribution in [0.3, 0.4) is 0 Å². The molecule has 1 aromatic heterocycles. The molecule has 5 nitrogen and oxygen atoms in total. The van der Waals surface area contributed by atoms with Gasteiger partial charge in [0.1, 0.15) is 0 Å². The van der Waals surface area contributed by atoms with Gasteiger partial charge in [-0.1, -0.05) is 24.6 Å². The lowest BCUT2D eigenvalue weighted by Crippen LogP contribution is -2.37. The number of aliphatic hydroxyl groups excluding tert-OH is 1. The van der Waals surface area contributed by atoms with E-state index in [0.29, 0.717) is 18.0 Å². The lowest BCUT2D eigenvalue weighted by atomic mass is 9.95. The Morgan fingerprint density at radius 3 is 2.69 bits per heavy atom. The van der Waals surface area contributed by atoms with Crippen molar-refractivity contribution < 1.29 is 9.90 Å². The molecule has 0 radical (unpaired) electrons. The number of fused-ring (bicyclic) bond motifs is 1. The molecule has 2 atom stereocenters. The minimum absolute atomic E-state index is 0.0304. The first-order valence-electron chi connectivity index (χ1n) is 9.72. The van der Waals surface area contributed by atoms with E-state index in [4.69, 9.17) is 0 Å². The summed E-state index contributed by atoms with van der Waals surface area (Å²) in [5, 5.41) is 10.8. The highest BCUT2D eigenvalue weighted by atomic mass is 16.3. The van der Waals surface area contributed by atoms with Crippen LogP contribution in [0.5, 0.6) is 0 Å². The molecule has 2 aliphatic heterocycles. The summed E-state index contributed by atoms with van der Waals surface area (Å²) in [5.41, 5.74) is 1.54. The third-order valence-electron chi connectivity index (χ3n) is 5.88. The Bertz CT molecular complexity index is 773. The van der Waals surface area contributed by atoms with Crippen molar-refractivity contribution in [3.05, 3.63) is 42.1 Å². The zero-order valence-corrected chi connectivity index (χ0v) is 15.2. The number of amides is 1. The van der Waals surface area contributed by atoms with E-state index < -0.39 is 0 Å². The van der Waals surface area contributed by atoms with Gasteiger partial charge in [0.05, 0.1) is 11.1 Å². The minimum Gasteiger partial charge on any atom is -0.396 e. The van der Waals surface area contributed by atoms with E-state index >= 15 is 0 Å². The second kappa shape index (κ2) is 7.72. The van der Waals surface area contributed by atoms with Crippen molar-refractivity contribution in [1.82, 2.24) is 14.8 Å². The van der Waals surface area contributed by atoms with Crippen LogP contribution in [0.15, 0.2) is 36.5 Å². The summed E-state index contributed by atoms with van der Waals surface area (Å²) in [6.45, 7) is 4.81. The van der Waals surface area contributed by atoms with Gasteiger partial charge in [-0.2, -0.15) is 0 Å². The quantitative estimate of drug-likeness (QED) is 0.917. The van der Waals surface area contributed by atoms with Crippen LogP contribution in [-0.2, 0) is 0 Å². The number of pyridine rings is 1. The summed E-state index contributed by atoms with van der Waals surface area (Å²) in [5.74, 6) is 0.563.